The van der Waals surface area contributed by atoms with E-state index >= 15 is 0 Å². The molecule has 2 aliphatic heterocycles. The lowest BCUT2D eigenvalue weighted by Gasteiger charge is -2.18. The first-order valence-corrected chi connectivity index (χ1v) is 9.98. The molecule has 0 amide bonds. The van der Waals surface area contributed by atoms with E-state index in [-0.39, 0.29) is 6.10 Å². The molecule has 0 saturated carbocycles. The number of hydrogen-bond donors (Lipinski definition) is 1. The third-order valence-corrected chi connectivity index (χ3v) is 5.91. The Kier molecular flexibility index (Phi) is 4.28. The molecule has 26 heavy (non-hydrogen) atoms. The first-order valence-electron chi connectivity index (χ1n) is 9.10. The van der Waals surface area contributed by atoms with E-state index in [9.17, 15) is 0 Å². The van der Waals surface area contributed by atoms with Crippen LogP contribution >= 0.6 is 11.3 Å². The normalized spacial score (nSPS) is 19.8. The third-order valence-electron chi connectivity index (χ3n) is 4.95. The average molecular weight is 367 g/mol. The summed E-state index contributed by atoms with van der Waals surface area (Å²) in [6.07, 6.45) is 1.03. The lowest BCUT2D eigenvalue weighted by molar-refractivity contribution is 0.137. The molecule has 3 heterocycles. The molecule has 2 aromatic carbocycles. The van der Waals surface area contributed by atoms with Gasteiger partial charge in [0.1, 0.15) is 12.7 Å². The zero-order chi connectivity index (χ0) is 17.3. The summed E-state index contributed by atoms with van der Waals surface area (Å²) in [5.74, 6) is 1.72. The highest BCUT2D eigenvalue weighted by molar-refractivity contribution is 7.17. The van der Waals surface area contributed by atoms with Crippen molar-refractivity contribution in [1.82, 2.24) is 5.32 Å². The predicted molar refractivity (Wildman–Crippen MR) is 104 cm³/mol. The first-order chi connectivity index (χ1) is 12.9. The number of thiophene rings is 1. The summed E-state index contributed by atoms with van der Waals surface area (Å²) in [5.41, 5.74) is 3.59. The molecule has 1 N–H and O–H groups in total. The van der Waals surface area contributed by atoms with Crippen LogP contribution in [0.1, 0.15) is 12.0 Å². The zero-order valence-electron chi connectivity index (χ0n) is 14.5. The predicted octanol–water partition coefficient (Wildman–Crippen LogP) is 4.22. The van der Waals surface area contributed by atoms with Crippen molar-refractivity contribution < 1.29 is 14.2 Å². The van der Waals surface area contributed by atoms with Gasteiger partial charge in [0.25, 0.3) is 0 Å². The van der Waals surface area contributed by atoms with Crippen LogP contribution in [0.3, 0.4) is 0 Å². The maximum atomic E-state index is 6.31. The van der Waals surface area contributed by atoms with E-state index in [4.69, 9.17) is 14.2 Å². The van der Waals surface area contributed by atoms with Crippen molar-refractivity contribution in [3.8, 4) is 22.6 Å². The van der Waals surface area contributed by atoms with E-state index in [0.29, 0.717) is 13.2 Å². The molecule has 1 fully saturated rings. The standard InChI is InChI=1S/C21H21NO3S/c1-2-4-20-17(3-1)18(13-26-20)14-9-15-11-22-6-8-24-21(15)19(10-14)25-16-5-7-23-12-16/h1-4,9-10,13,16,22H,5-8,11-12H2/t16-/m0/s1. The molecule has 0 radical (unpaired) electrons. The molecule has 134 valence electrons. The van der Waals surface area contributed by atoms with Crippen molar-refractivity contribution in [2.45, 2.75) is 19.1 Å². The molecule has 0 spiro atoms. The van der Waals surface area contributed by atoms with Crippen LogP contribution in [0.2, 0.25) is 0 Å². The summed E-state index contributed by atoms with van der Waals surface area (Å²) >= 11 is 1.78. The summed E-state index contributed by atoms with van der Waals surface area (Å²) < 4.78 is 19.1. The number of benzene rings is 2. The molecule has 1 aromatic heterocycles. The van der Waals surface area contributed by atoms with Crippen LogP contribution in [0.25, 0.3) is 21.2 Å². The molecule has 5 rings (SSSR count). The SMILES string of the molecule is c1ccc2c(-c3cc4c(c(O[C@H]5CCOC5)c3)OCCNC4)csc2c1. The minimum absolute atomic E-state index is 0.105. The highest BCUT2D eigenvalue weighted by Gasteiger charge is 2.23. The maximum Gasteiger partial charge on any atom is 0.165 e. The molecule has 0 bridgehead atoms. The molecular formula is C21H21NO3S. The van der Waals surface area contributed by atoms with E-state index in [2.05, 4.69) is 47.1 Å². The largest absolute Gasteiger partial charge is 0.488 e. The summed E-state index contributed by atoms with van der Waals surface area (Å²) in [5, 5.41) is 6.95. The minimum atomic E-state index is 0.105. The van der Waals surface area contributed by atoms with Crippen LogP contribution in [0, 0.1) is 0 Å². The zero-order valence-corrected chi connectivity index (χ0v) is 15.3. The van der Waals surface area contributed by atoms with Crippen LogP contribution in [-0.4, -0.2) is 32.5 Å². The van der Waals surface area contributed by atoms with Gasteiger partial charge < -0.3 is 19.5 Å². The smallest absolute Gasteiger partial charge is 0.165 e. The second kappa shape index (κ2) is 6.91. The fourth-order valence-electron chi connectivity index (χ4n) is 3.63. The second-order valence-electron chi connectivity index (χ2n) is 6.74. The fourth-order valence-corrected chi connectivity index (χ4v) is 4.60. The van der Waals surface area contributed by atoms with Crippen molar-refractivity contribution in [2.24, 2.45) is 0 Å². The van der Waals surface area contributed by atoms with Crippen molar-refractivity contribution >= 4 is 21.4 Å². The van der Waals surface area contributed by atoms with Gasteiger partial charge in [-0.05, 0) is 29.1 Å². The Balaban J connectivity index is 1.62. The maximum absolute atomic E-state index is 6.31. The van der Waals surface area contributed by atoms with Gasteiger partial charge in [0.15, 0.2) is 11.5 Å². The van der Waals surface area contributed by atoms with Crippen LogP contribution in [0.15, 0.2) is 41.8 Å². The summed E-state index contributed by atoms with van der Waals surface area (Å²) in [4.78, 5) is 0. The quantitative estimate of drug-likeness (QED) is 0.752. The Morgan fingerprint density at radius 2 is 2.12 bits per heavy atom. The molecule has 1 saturated heterocycles. The van der Waals surface area contributed by atoms with Crippen LogP contribution < -0.4 is 14.8 Å². The van der Waals surface area contributed by atoms with Gasteiger partial charge in [-0.1, -0.05) is 18.2 Å². The van der Waals surface area contributed by atoms with Gasteiger partial charge in [0, 0.05) is 40.7 Å². The second-order valence-corrected chi connectivity index (χ2v) is 7.65. The molecule has 0 aliphatic carbocycles. The minimum Gasteiger partial charge on any atom is -0.488 e. The van der Waals surface area contributed by atoms with Gasteiger partial charge in [-0.2, -0.15) is 0 Å². The number of hydrogen-bond acceptors (Lipinski definition) is 5. The lowest BCUT2D eigenvalue weighted by atomic mass is 10.0. The Bertz CT molecular complexity index is 930. The molecular weight excluding hydrogens is 346 g/mol. The Morgan fingerprint density at radius 1 is 1.15 bits per heavy atom. The monoisotopic (exact) mass is 367 g/mol. The Hall–Kier alpha value is -2.08. The topological polar surface area (TPSA) is 39.7 Å². The summed E-state index contributed by atoms with van der Waals surface area (Å²) in [7, 11) is 0. The molecule has 5 heteroatoms. The number of ether oxygens (including phenoxy) is 3. The summed E-state index contributed by atoms with van der Waals surface area (Å²) in [6, 6.07) is 12.9. The summed E-state index contributed by atoms with van der Waals surface area (Å²) in [6.45, 7) is 3.72. The molecule has 0 unspecified atom stereocenters. The van der Waals surface area contributed by atoms with E-state index < -0.39 is 0 Å². The third kappa shape index (κ3) is 2.96. The Morgan fingerprint density at radius 3 is 3.04 bits per heavy atom. The van der Waals surface area contributed by atoms with Crippen LogP contribution in [0.4, 0.5) is 0 Å². The van der Waals surface area contributed by atoms with Gasteiger partial charge in [-0.15, -0.1) is 11.3 Å². The highest BCUT2D eigenvalue weighted by Crippen LogP contribution is 2.41. The van der Waals surface area contributed by atoms with Crippen molar-refractivity contribution in [1.29, 1.82) is 0 Å². The average Bonchev–Trinajstić information content (AvgIpc) is 3.26. The molecule has 2 aliphatic rings. The number of rotatable bonds is 3. The van der Waals surface area contributed by atoms with Crippen molar-refractivity contribution in [3.05, 3.63) is 47.3 Å². The van der Waals surface area contributed by atoms with Crippen molar-refractivity contribution in [2.75, 3.05) is 26.4 Å². The van der Waals surface area contributed by atoms with E-state index in [0.717, 1.165) is 43.2 Å². The van der Waals surface area contributed by atoms with Crippen LogP contribution in [0.5, 0.6) is 11.5 Å². The van der Waals surface area contributed by atoms with Gasteiger partial charge in [0.2, 0.25) is 0 Å². The molecule has 1 atom stereocenters. The van der Waals surface area contributed by atoms with Crippen LogP contribution in [-0.2, 0) is 11.3 Å². The highest BCUT2D eigenvalue weighted by atomic mass is 32.1. The van der Waals surface area contributed by atoms with E-state index in [1.54, 1.807) is 11.3 Å². The van der Waals surface area contributed by atoms with Gasteiger partial charge in [-0.25, -0.2) is 0 Å². The van der Waals surface area contributed by atoms with E-state index in [1.807, 2.05) is 0 Å². The number of fused-ring (bicyclic) bond motifs is 2. The van der Waals surface area contributed by atoms with Gasteiger partial charge >= 0.3 is 0 Å². The molecule has 4 nitrogen and oxygen atoms in total. The lowest BCUT2D eigenvalue weighted by Crippen LogP contribution is -2.17. The van der Waals surface area contributed by atoms with Crippen molar-refractivity contribution in [3.63, 3.8) is 0 Å². The molecule has 3 aromatic rings. The van der Waals surface area contributed by atoms with E-state index in [1.165, 1.54) is 21.2 Å². The number of nitrogens with one attached hydrogen (secondary N) is 1. The fraction of sp³-hybridized carbons (Fsp3) is 0.333. The van der Waals surface area contributed by atoms with Gasteiger partial charge in [-0.3, -0.25) is 0 Å². The van der Waals surface area contributed by atoms with Gasteiger partial charge in [0.05, 0.1) is 13.2 Å². The first kappa shape index (κ1) is 16.1. The Labute approximate surface area is 156 Å².